The van der Waals surface area contributed by atoms with Gasteiger partial charge in [0.1, 0.15) is 16.8 Å². The van der Waals surface area contributed by atoms with Crippen molar-refractivity contribution in [1.82, 2.24) is 24.4 Å². The van der Waals surface area contributed by atoms with Crippen molar-refractivity contribution in [1.29, 1.82) is 0 Å². The van der Waals surface area contributed by atoms with Gasteiger partial charge in [-0.25, -0.2) is 14.8 Å². The fraction of sp³-hybridized carbons (Fsp3) is 0.474. The highest BCUT2D eigenvalue weighted by atomic mass is 16.6. The highest BCUT2D eigenvalue weighted by molar-refractivity contribution is 6.00. The fourth-order valence-electron chi connectivity index (χ4n) is 3.65. The lowest BCUT2D eigenvalue weighted by atomic mass is 10.0. The summed E-state index contributed by atoms with van der Waals surface area (Å²) in [5.74, 6) is 0. The number of fused-ring (bicyclic) bond motifs is 3. The van der Waals surface area contributed by atoms with Gasteiger partial charge in [0.25, 0.3) is 5.56 Å². The Kier molecular flexibility index (Phi) is 4.13. The number of carbonyl (C=O) groups is 1. The van der Waals surface area contributed by atoms with Crippen LogP contribution in [0.5, 0.6) is 0 Å². The minimum absolute atomic E-state index is 0.134. The molecule has 27 heavy (non-hydrogen) atoms. The summed E-state index contributed by atoms with van der Waals surface area (Å²) in [5, 5.41) is 0.854. The molecule has 3 aromatic heterocycles. The number of nitrogens with one attached hydrogen (secondary N) is 1. The van der Waals surface area contributed by atoms with Gasteiger partial charge in [-0.2, -0.15) is 0 Å². The van der Waals surface area contributed by atoms with Crippen molar-refractivity contribution in [2.75, 3.05) is 13.1 Å². The first-order valence-corrected chi connectivity index (χ1v) is 9.15. The predicted octanol–water partition coefficient (Wildman–Crippen LogP) is 2.84. The van der Waals surface area contributed by atoms with Crippen molar-refractivity contribution in [3.05, 3.63) is 35.0 Å². The van der Waals surface area contributed by atoms with E-state index in [2.05, 4.69) is 15.0 Å². The van der Waals surface area contributed by atoms with Crippen molar-refractivity contribution in [3.63, 3.8) is 0 Å². The standard InChI is InChI=1S/C19H23N5O3/c1-19(2,3)27-18(26)23-8-4-5-12(11-23)24-15(25)10-21-14-9-22-17-13(16(14)24)6-7-20-17/h6-7,9-10,12H,4-5,8,11H2,1-3H3,(H,20,22)/t12-/m1/s1. The first-order valence-electron chi connectivity index (χ1n) is 9.15. The van der Waals surface area contributed by atoms with E-state index < -0.39 is 5.60 Å². The lowest BCUT2D eigenvalue weighted by Crippen LogP contribution is -2.45. The summed E-state index contributed by atoms with van der Waals surface area (Å²) in [6, 6.07) is 1.77. The van der Waals surface area contributed by atoms with E-state index in [1.54, 1.807) is 21.9 Å². The summed E-state index contributed by atoms with van der Waals surface area (Å²) in [4.78, 5) is 38.6. The third-order valence-electron chi connectivity index (χ3n) is 4.74. The van der Waals surface area contributed by atoms with E-state index in [-0.39, 0.29) is 17.7 Å². The van der Waals surface area contributed by atoms with Crippen LogP contribution >= 0.6 is 0 Å². The van der Waals surface area contributed by atoms with Gasteiger partial charge in [0.05, 0.1) is 24.0 Å². The Morgan fingerprint density at radius 2 is 2.11 bits per heavy atom. The third-order valence-corrected chi connectivity index (χ3v) is 4.74. The molecule has 8 nitrogen and oxygen atoms in total. The van der Waals surface area contributed by atoms with Crippen molar-refractivity contribution < 1.29 is 9.53 Å². The molecule has 0 aromatic carbocycles. The molecule has 4 heterocycles. The number of pyridine rings is 1. The molecule has 8 heteroatoms. The van der Waals surface area contributed by atoms with Crippen LogP contribution in [0.15, 0.2) is 29.5 Å². The monoisotopic (exact) mass is 369 g/mol. The Balaban J connectivity index is 1.75. The van der Waals surface area contributed by atoms with Gasteiger partial charge in [-0.15, -0.1) is 0 Å². The number of amides is 1. The first-order chi connectivity index (χ1) is 12.8. The fourth-order valence-corrected chi connectivity index (χ4v) is 3.65. The summed E-state index contributed by atoms with van der Waals surface area (Å²) in [6.45, 7) is 6.61. The molecule has 1 saturated heterocycles. The number of likely N-dealkylation sites (tertiary alicyclic amines) is 1. The topological polar surface area (TPSA) is 93.1 Å². The molecule has 0 spiro atoms. The van der Waals surface area contributed by atoms with E-state index in [0.29, 0.717) is 24.3 Å². The average Bonchev–Trinajstić information content (AvgIpc) is 3.09. The number of carbonyl (C=O) groups excluding carboxylic acids is 1. The number of aromatic amines is 1. The summed E-state index contributed by atoms with van der Waals surface area (Å²) < 4.78 is 7.27. The Hall–Kier alpha value is -2.90. The van der Waals surface area contributed by atoms with Crippen molar-refractivity contribution >= 4 is 28.2 Å². The van der Waals surface area contributed by atoms with E-state index in [0.717, 1.165) is 23.7 Å². The van der Waals surface area contributed by atoms with Crippen molar-refractivity contribution in [2.24, 2.45) is 0 Å². The van der Waals surface area contributed by atoms with Gasteiger partial charge < -0.3 is 14.6 Å². The molecule has 0 radical (unpaired) electrons. The Morgan fingerprint density at radius 1 is 1.30 bits per heavy atom. The van der Waals surface area contributed by atoms with E-state index >= 15 is 0 Å². The molecule has 0 bridgehead atoms. The predicted molar refractivity (Wildman–Crippen MR) is 102 cm³/mol. The molecule has 0 aliphatic carbocycles. The molecule has 4 rings (SSSR count). The van der Waals surface area contributed by atoms with E-state index in [1.807, 2.05) is 26.8 Å². The minimum atomic E-state index is -0.548. The Morgan fingerprint density at radius 3 is 2.89 bits per heavy atom. The van der Waals surface area contributed by atoms with E-state index in [9.17, 15) is 9.59 Å². The molecule has 1 N–H and O–H groups in total. The number of hydrogen-bond donors (Lipinski definition) is 1. The van der Waals surface area contributed by atoms with Gasteiger partial charge >= 0.3 is 6.09 Å². The third kappa shape index (κ3) is 3.27. The zero-order valence-electron chi connectivity index (χ0n) is 15.7. The van der Waals surface area contributed by atoms with Crippen LogP contribution in [-0.4, -0.2) is 49.2 Å². The van der Waals surface area contributed by atoms with Gasteiger partial charge in [-0.3, -0.25) is 9.36 Å². The van der Waals surface area contributed by atoms with Crippen molar-refractivity contribution in [3.8, 4) is 0 Å². The highest BCUT2D eigenvalue weighted by Gasteiger charge is 2.30. The summed E-state index contributed by atoms with van der Waals surface area (Å²) in [5.41, 5.74) is 1.41. The molecule has 3 aromatic rings. The van der Waals surface area contributed by atoms with Crippen LogP contribution in [0, 0.1) is 0 Å². The van der Waals surface area contributed by atoms with Crippen LogP contribution in [0.25, 0.3) is 22.1 Å². The molecular formula is C19H23N5O3. The van der Waals surface area contributed by atoms with E-state index in [4.69, 9.17) is 4.74 Å². The first kappa shape index (κ1) is 17.5. The molecule has 142 valence electrons. The number of rotatable bonds is 1. The Bertz CT molecular complexity index is 1060. The number of piperidine rings is 1. The smallest absolute Gasteiger partial charge is 0.410 e. The molecule has 1 aliphatic heterocycles. The van der Waals surface area contributed by atoms with Crippen molar-refractivity contribution in [2.45, 2.75) is 45.3 Å². The van der Waals surface area contributed by atoms with Crippen LogP contribution in [0.2, 0.25) is 0 Å². The number of hydrogen-bond acceptors (Lipinski definition) is 5. The zero-order chi connectivity index (χ0) is 19.2. The van der Waals surface area contributed by atoms with Crippen LogP contribution in [0.1, 0.15) is 39.7 Å². The maximum atomic E-state index is 12.7. The van der Waals surface area contributed by atoms with Gasteiger partial charge in [-0.05, 0) is 39.7 Å². The van der Waals surface area contributed by atoms with Gasteiger partial charge in [0, 0.05) is 24.7 Å². The van der Waals surface area contributed by atoms with Gasteiger partial charge in [0.2, 0.25) is 0 Å². The second-order valence-electron chi connectivity index (χ2n) is 7.92. The van der Waals surface area contributed by atoms with E-state index in [1.165, 1.54) is 6.20 Å². The van der Waals surface area contributed by atoms with Crippen LogP contribution < -0.4 is 5.56 Å². The summed E-state index contributed by atoms with van der Waals surface area (Å²) in [6.07, 6.45) is 6.07. The number of nitrogens with zero attached hydrogens (tertiary/aromatic N) is 4. The maximum Gasteiger partial charge on any atom is 0.410 e. The number of ether oxygens (including phenoxy) is 1. The molecule has 1 atom stereocenters. The normalized spacial score (nSPS) is 18.2. The SMILES string of the molecule is CC(C)(C)OC(=O)N1CCC[C@@H](n2c(=O)cnc3cnc4[nH]ccc4c32)C1. The molecule has 1 fully saturated rings. The zero-order valence-corrected chi connectivity index (χ0v) is 15.7. The Labute approximate surface area is 156 Å². The minimum Gasteiger partial charge on any atom is -0.444 e. The molecule has 0 unspecified atom stereocenters. The lowest BCUT2D eigenvalue weighted by molar-refractivity contribution is 0.0173. The molecule has 1 aliphatic rings. The van der Waals surface area contributed by atoms with Crippen LogP contribution in [-0.2, 0) is 4.74 Å². The largest absolute Gasteiger partial charge is 0.444 e. The maximum absolute atomic E-state index is 12.7. The van der Waals surface area contributed by atoms with Crippen LogP contribution in [0.4, 0.5) is 4.79 Å². The number of H-pyrrole nitrogens is 1. The second-order valence-corrected chi connectivity index (χ2v) is 7.92. The molecule has 0 saturated carbocycles. The summed E-state index contributed by atoms with van der Waals surface area (Å²) in [7, 11) is 0. The quantitative estimate of drug-likeness (QED) is 0.712. The number of aromatic nitrogens is 4. The molecule has 1 amide bonds. The molecular weight excluding hydrogens is 346 g/mol. The van der Waals surface area contributed by atoms with Crippen LogP contribution in [0.3, 0.4) is 0 Å². The second kappa shape index (κ2) is 6.37. The highest BCUT2D eigenvalue weighted by Crippen LogP contribution is 2.28. The van der Waals surface area contributed by atoms with Gasteiger partial charge in [0.15, 0.2) is 0 Å². The van der Waals surface area contributed by atoms with Gasteiger partial charge in [-0.1, -0.05) is 0 Å². The lowest BCUT2D eigenvalue weighted by Gasteiger charge is -2.35. The average molecular weight is 369 g/mol. The summed E-state index contributed by atoms with van der Waals surface area (Å²) >= 11 is 0.